The average Bonchev–Trinajstić information content (AvgIpc) is 2.45. The van der Waals surface area contributed by atoms with Crippen LogP contribution in [-0.2, 0) is 5.75 Å². The molecule has 0 bridgehead atoms. The van der Waals surface area contributed by atoms with Crippen molar-refractivity contribution in [1.82, 2.24) is 10.4 Å². The molecule has 1 amide bonds. The van der Waals surface area contributed by atoms with E-state index >= 15 is 0 Å². The standard InChI is InChI=1S/C14H21N3OS/c1-10-4-2-6-12(8-10)19-9-11-5-3-7-13(16-11)14(18)17-15/h3,5,7,10,12H,2,4,6,8-9,15H2,1H3,(H,17,18). The van der Waals surface area contributed by atoms with Gasteiger partial charge in [-0.3, -0.25) is 10.2 Å². The molecule has 19 heavy (non-hydrogen) atoms. The molecule has 1 heterocycles. The number of nitrogens with zero attached hydrogens (tertiary/aromatic N) is 1. The van der Waals surface area contributed by atoms with Crippen LogP contribution in [-0.4, -0.2) is 16.1 Å². The second-order valence-electron chi connectivity index (χ2n) is 5.19. The predicted octanol–water partition coefficient (Wildman–Crippen LogP) is 2.50. The van der Waals surface area contributed by atoms with E-state index in [2.05, 4.69) is 17.3 Å². The molecule has 0 aromatic carbocycles. The molecule has 0 saturated heterocycles. The fraction of sp³-hybridized carbons (Fsp3) is 0.571. The van der Waals surface area contributed by atoms with E-state index in [4.69, 9.17) is 5.84 Å². The van der Waals surface area contributed by atoms with Crippen molar-refractivity contribution < 1.29 is 4.79 Å². The van der Waals surface area contributed by atoms with Crippen LogP contribution in [0.3, 0.4) is 0 Å². The highest BCUT2D eigenvalue weighted by atomic mass is 32.2. The Morgan fingerprint density at radius 1 is 1.53 bits per heavy atom. The zero-order valence-corrected chi connectivity index (χ0v) is 12.1. The van der Waals surface area contributed by atoms with Gasteiger partial charge >= 0.3 is 0 Å². The summed E-state index contributed by atoms with van der Waals surface area (Å²) in [6, 6.07) is 5.50. The number of thioether (sulfide) groups is 1. The molecule has 1 aliphatic carbocycles. The number of hydrogen-bond acceptors (Lipinski definition) is 4. The first kappa shape index (κ1) is 14.3. The first-order chi connectivity index (χ1) is 9.19. The maximum atomic E-state index is 11.4. The zero-order valence-electron chi connectivity index (χ0n) is 11.3. The summed E-state index contributed by atoms with van der Waals surface area (Å²) in [5, 5.41) is 0.734. The lowest BCUT2D eigenvalue weighted by atomic mass is 9.91. The van der Waals surface area contributed by atoms with E-state index in [9.17, 15) is 4.79 Å². The van der Waals surface area contributed by atoms with Gasteiger partial charge in [0.15, 0.2) is 0 Å². The van der Waals surface area contributed by atoms with Crippen molar-refractivity contribution >= 4 is 17.7 Å². The Morgan fingerprint density at radius 3 is 3.11 bits per heavy atom. The van der Waals surface area contributed by atoms with Gasteiger partial charge in [0, 0.05) is 11.0 Å². The Kier molecular flexibility index (Phi) is 5.22. The second-order valence-corrected chi connectivity index (χ2v) is 6.48. The summed E-state index contributed by atoms with van der Waals surface area (Å²) in [6.07, 6.45) is 5.30. The van der Waals surface area contributed by atoms with Gasteiger partial charge in [0.1, 0.15) is 5.69 Å². The van der Waals surface area contributed by atoms with Gasteiger partial charge in [-0.2, -0.15) is 11.8 Å². The zero-order chi connectivity index (χ0) is 13.7. The Morgan fingerprint density at radius 2 is 2.37 bits per heavy atom. The highest BCUT2D eigenvalue weighted by molar-refractivity contribution is 7.99. The molecular weight excluding hydrogens is 258 g/mol. The van der Waals surface area contributed by atoms with Crippen LogP contribution >= 0.6 is 11.8 Å². The monoisotopic (exact) mass is 279 g/mol. The Bertz CT molecular complexity index is 438. The fourth-order valence-electron chi connectivity index (χ4n) is 2.49. The molecule has 1 aromatic rings. The average molecular weight is 279 g/mol. The SMILES string of the molecule is CC1CCCC(SCc2cccc(C(=O)NN)n2)C1. The van der Waals surface area contributed by atoms with Crippen molar-refractivity contribution in [2.75, 3.05) is 0 Å². The minimum Gasteiger partial charge on any atom is -0.289 e. The fourth-order valence-corrected chi connectivity index (χ4v) is 3.86. The first-order valence-corrected chi connectivity index (χ1v) is 7.82. The third kappa shape index (κ3) is 4.21. The highest BCUT2D eigenvalue weighted by Gasteiger charge is 2.19. The minimum atomic E-state index is -0.335. The van der Waals surface area contributed by atoms with E-state index in [1.165, 1.54) is 25.7 Å². The molecule has 3 N–H and O–H groups in total. The third-order valence-electron chi connectivity index (χ3n) is 3.53. The molecule has 4 nitrogen and oxygen atoms in total. The van der Waals surface area contributed by atoms with Crippen LogP contribution in [0.25, 0.3) is 0 Å². The molecule has 5 heteroatoms. The summed E-state index contributed by atoms with van der Waals surface area (Å²) in [7, 11) is 0. The molecule has 0 spiro atoms. The Balaban J connectivity index is 1.90. The van der Waals surface area contributed by atoms with Crippen molar-refractivity contribution in [2.45, 2.75) is 43.6 Å². The third-order valence-corrected chi connectivity index (χ3v) is 4.89. The maximum Gasteiger partial charge on any atom is 0.283 e. The normalized spacial score (nSPS) is 23.1. The van der Waals surface area contributed by atoms with Crippen LogP contribution in [0.15, 0.2) is 18.2 Å². The van der Waals surface area contributed by atoms with E-state index in [0.717, 1.165) is 22.6 Å². The van der Waals surface area contributed by atoms with Gasteiger partial charge in [-0.25, -0.2) is 10.8 Å². The number of aromatic nitrogens is 1. The van der Waals surface area contributed by atoms with Crippen molar-refractivity contribution in [3.8, 4) is 0 Å². The van der Waals surface area contributed by atoms with E-state index in [1.54, 1.807) is 6.07 Å². The quantitative estimate of drug-likeness (QED) is 0.505. The van der Waals surface area contributed by atoms with Gasteiger partial charge in [-0.15, -0.1) is 0 Å². The van der Waals surface area contributed by atoms with Crippen LogP contribution in [0.2, 0.25) is 0 Å². The number of nitrogen functional groups attached to an aromatic ring is 1. The molecule has 2 atom stereocenters. The van der Waals surface area contributed by atoms with Crippen LogP contribution in [0.5, 0.6) is 0 Å². The van der Waals surface area contributed by atoms with Gasteiger partial charge in [-0.1, -0.05) is 25.8 Å². The molecule has 0 radical (unpaired) electrons. The van der Waals surface area contributed by atoms with Crippen molar-refractivity contribution in [2.24, 2.45) is 11.8 Å². The summed E-state index contributed by atoms with van der Waals surface area (Å²) in [6.45, 7) is 2.33. The predicted molar refractivity (Wildman–Crippen MR) is 78.6 cm³/mol. The lowest BCUT2D eigenvalue weighted by molar-refractivity contribution is 0.0948. The van der Waals surface area contributed by atoms with Crippen molar-refractivity contribution in [3.63, 3.8) is 0 Å². The highest BCUT2D eigenvalue weighted by Crippen LogP contribution is 2.33. The number of pyridine rings is 1. The Labute approximate surface area is 118 Å². The lowest BCUT2D eigenvalue weighted by Crippen LogP contribution is -2.30. The van der Waals surface area contributed by atoms with E-state index in [1.807, 2.05) is 23.9 Å². The molecule has 1 aromatic heterocycles. The summed E-state index contributed by atoms with van der Waals surface area (Å²) in [5.41, 5.74) is 3.45. The van der Waals surface area contributed by atoms with Gasteiger partial charge in [-0.05, 0) is 30.9 Å². The molecule has 2 unspecified atom stereocenters. The molecule has 1 fully saturated rings. The summed E-state index contributed by atoms with van der Waals surface area (Å²) >= 11 is 1.96. The Hall–Kier alpha value is -1.07. The number of rotatable bonds is 4. The topological polar surface area (TPSA) is 68.0 Å². The molecule has 0 aliphatic heterocycles. The number of carbonyl (C=O) groups excluding carboxylic acids is 1. The van der Waals surface area contributed by atoms with Crippen LogP contribution in [0.1, 0.15) is 48.8 Å². The van der Waals surface area contributed by atoms with Gasteiger partial charge in [0.2, 0.25) is 0 Å². The number of nitrogens with one attached hydrogen (secondary N) is 1. The van der Waals surface area contributed by atoms with Crippen molar-refractivity contribution in [3.05, 3.63) is 29.6 Å². The van der Waals surface area contributed by atoms with E-state index < -0.39 is 0 Å². The van der Waals surface area contributed by atoms with Crippen molar-refractivity contribution in [1.29, 1.82) is 0 Å². The first-order valence-electron chi connectivity index (χ1n) is 6.77. The summed E-state index contributed by atoms with van der Waals surface area (Å²) in [5.74, 6) is 6.49. The molecular formula is C14H21N3OS. The number of hydrogen-bond donors (Lipinski definition) is 2. The summed E-state index contributed by atoms with van der Waals surface area (Å²) < 4.78 is 0. The smallest absolute Gasteiger partial charge is 0.283 e. The van der Waals surface area contributed by atoms with Gasteiger partial charge in [0.25, 0.3) is 5.91 Å². The number of amides is 1. The maximum absolute atomic E-state index is 11.4. The molecule has 104 valence electrons. The molecule has 1 aliphatic rings. The number of hydrazine groups is 1. The van der Waals surface area contributed by atoms with E-state index in [-0.39, 0.29) is 5.91 Å². The minimum absolute atomic E-state index is 0.335. The largest absolute Gasteiger partial charge is 0.289 e. The lowest BCUT2D eigenvalue weighted by Gasteiger charge is -2.26. The van der Waals surface area contributed by atoms with Crippen LogP contribution < -0.4 is 11.3 Å². The second kappa shape index (κ2) is 6.91. The van der Waals surface area contributed by atoms with Crippen LogP contribution in [0.4, 0.5) is 0 Å². The molecule has 1 saturated carbocycles. The molecule has 2 rings (SSSR count). The van der Waals surface area contributed by atoms with Gasteiger partial charge < -0.3 is 0 Å². The number of nitrogens with two attached hydrogens (primary N) is 1. The summed E-state index contributed by atoms with van der Waals surface area (Å²) in [4.78, 5) is 15.7. The van der Waals surface area contributed by atoms with Gasteiger partial charge in [0.05, 0.1) is 5.69 Å². The number of carbonyl (C=O) groups is 1. The van der Waals surface area contributed by atoms with E-state index in [0.29, 0.717) is 5.69 Å². The van der Waals surface area contributed by atoms with Crippen LogP contribution in [0, 0.1) is 5.92 Å².